The minimum atomic E-state index is -0.682. The van der Waals surface area contributed by atoms with E-state index < -0.39 is 34.7 Å². The van der Waals surface area contributed by atoms with Gasteiger partial charge in [0, 0.05) is 19.1 Å². The number of aromatic amines is 1. The number of amides is 2. The molecule has 36 heavy (non-hydrogen) atoms. The smallest absolute Gasteiger partial charge is 0.410 e. The molecule has 0 bridgehead atoms. The van der Waals surface area contributed by atoms with Crippen molar-refractivity contribution in [3.05, 3.63) is 79.2 Å². The number of carbonyl (C=O) groups excluding carboxylic acids is 2. The van der Waals surface area contributed by atoms with Crippen LogP contribution in [0.5, 0.6) is 0 Å². The number of halogens is 2. The number of fused-ring (bicyclic) bond motifs is 1. The third-order valence-corrected chi connectivity index (χ3v) is 6.08. The van der Waals surface area contributed by atoms with Gasteiger partial charge in [-0.15, -0.1) is 0 Å². The molecule has 0 spiro atoms. The van der Waals surface area contributed by atoms with Crippen LogP contribution in [0.3, 0.4) is 0 Å². The van der Waals surface area contributed by atoms with Crippen molar-refractivity contribution in [2.45, 2.75) is 45.4 Å². The fraction of sp³-hybridized carbons (Fsp3) is 0.360. The maximum absolute atomic E-state index is 13.6. The van der Waals surface area contributed by atoms with Gasteiger partial charge in [0.2, 0.25) is 0 Å². The van der Waals surface area contributed by atoms with Crippen LogP contribution in [0, 0.1) is 5.82 Å². The first-order valence-electron chi connectivity index (χ1n) is 11.4. The van der Waals surface area contributed by atoms with Crippen molar-refractivity contribution < 1.29 is 18.7 Å². The molecule has 1 atom stereocenters. The average Bonchev–Trinajstić information content (AvgIpc) is 3.25. The van der Waals surface area contributed by atoms with Gasteiger partial charge in [-0.1, -0.05) is 17.7 Å². The molecule has 190 valence electrons. The zero-order valence-electron chi connectivity index (χ0n) is 20.1. The van der Waals surface area contributed by atoms with Gasteiger partial charge in [0.05, 0.1) is 28.0 Å². The number of benzene rings is 2. The Kier molecular flexibility index (Phi) is 6.90. The third-order valence-electron chi connectivity index (χ3n) is 5.75. The third kappa shape index (κ3) is 5.59. The molecule has 11 heteroatoms. The molecule has 0 saturated carbocycles. The zero-order valence-corrected chi connectivity index (χ0v) is 20.8. The van der Waals surface area contributed by atoms with E-state index in [1.807, 2.05) is 0 Å². The number of rotatable bonds is 4. The van der Waals surface area contributed by atoms with Crippen molar-refractivity contribution in [1.82, 2.24) is 19.8 Å². The first kappa shape index (κ1) is 25.4. The molecule has 2 N–H and O–H groups in total. The lowest BCUT2D eigenvalue weighted by Gasteiger charge is -2.24. The van der Waals surface area contributed by atoms with Crippen molar-refractivity contribution in [1.29, 1.82) is 0 Å². The number of nitrogens with zero attached hydrogens (tertiary/aromatic N) is 2. The Bertz CT molecular complexity index is 1460. The Morgan fingerprint density at radius 2 is 1.94 bits per heavy atom. The molecule has 2 heterocycles. The lowest BCUT2D eigenvalue weighted by Crippen LogP contribution is -2.40. The van der Waals surface area contributed by atoms with Crippen LogP contribution in [-0.4, -0.2) is 51.2 Å². The second-order valence-electron chi connectivity index (χ2n) is 9.71. The highest BCUT2D eigenvalue weighted by molar-refractivity contribution is 6.33. The maximum atomic E-state index is 13.6. The number of aromatic nitrogens is 2. The van der Waals surface area contributed by atoms with Crippen LogP contribution in [0.25, 0.3) is 10.9 Å². The van der Waals surface area contributed by atoms with Crippen molar-refractivity contribution in [2.75, 3.05) is 13.1 Å². The van der Waals surface area contributed by atoms with Gasteiger partial charge in [-0.2, -0.15) is 0 Å². The van der Waals surface area contributed by atoms with Gasteiger partial charge in [0.15, 0.2) is 0 Å². The van der Waals surface area contributed by atoms with E-state index >= 15 is 0 Å². The number of likely N-dealkylation sites (tertiary alicyclic amines) is 1. The van der Waals surface area contributed by atoms with Crippen molar-refractivity contribution in [3.63, 3.8) is 0 Å². The second kappa shape index (κ2) is 9.77. The van der Waals surface area contributed by atoms with Crippen LogP contribution >= 0.6 is 11.6 Å². The Morgan fingerprint density at radius 3 is 2.67 bits per heavy atom. The summed E-state index contributed by atoms with van der Waals surface area (Å²) in [6, 6.07) is 8.09. The van der Waals surface area contributed by atoms with Crippen LogP contribution in [0.15, 0.2) is 46.0 Å². The number of hydrogen-bond donors (Lipinski definition) is 2. The molecule has 0 radical (unpaired) electrons. The standard InChI is InChI=1S/C25H26ClFN4O5/c1-25(2,3)36-24(35)30-9-8-16(13-30)28-21(32)17-10-14(4-6-19(17)26)12-31-20-7-5-15(27)11-18(20)22(33)29-23(31)34/h4-7,10-11,16H,8-9,12-13H2,1-3H3,(H,28,32)(H,29,33,34). The van der Waals surface area contributed by atoms with Gasteiger partial charge < -0.3 is 15.0 Å². The van der Waals surface area contributed by atoms with Crippen molar-refractivity contribution >= 4 is 34.5 Å². The molecular weight excluding hydrogens is 491 g/mol. The predicted molar refractivity (Wildman–Crippen MR) is 133 cm³/mol. The quantitative estimate of drug-likeness (QED) is 0.552. The van der Waals surface area contributed by atoms with E-state index in [4.69, 9.17) is 16.3 Å². The van der Waals surface area contributed by atoms with Gasteiger partial charge in [0.1, 0.15) is 11.4 Å². The van der Waals surface area contributed by atoms with Crippen LogP contribution in [0.1, 0.15) is 43.1 Å². The van der Waals surface area contributed by atoms with Crippen LogP contribution in [0.4, 0.5) is 9.18 Å². The van der Waals surface area contributed by atoms with Crippen LogP contribution in [0.2, 0.25) is 5.02 Å². The molecule has 9 nitrogen and oxygen atoms in total. The van der Waals surface area contributed by atoms with Gasteiger partial charge in [-0.05, 0) is 63.1 Å². The molecule has 2 aromatic carbocycles. The molecule has 0 aliphatic carbocycles. The van der Waals surface area contributed by atoms with E-state index in [2.05, 4.69) is 10.3 Å². The first-order chi connectivity index (χ1) is 16.9. The molecule has 1 aliphatic heterocycles. The average molecular weight is 517 g/mol. The molecular formula is C25H26ClFN4O5. The first-order valence-corrected chi connectivity index (χ1v) is 11.8. The van der Waals surface area contributed by atoms with E-state index in [0.717, 1.165) is 6.07 Å². The van der Waals surface area contributed by atoms with Crippen molar-refractivity contribution in [2.24, 2.45) is 0 Å². The number of hydrogen-bond acceptors (Lipinski definition) is 5. The number of H-pyrrole nitrogens is 1. The molecule has 1 saturated heterocycles. The molecule has 3 aromatic rings. The monoisotopic (exact) mass is 516 g/mol. The predicted octanol–water partition coefficient (Wildman–Crippen LogP) is 3.27. The minimum absolute atomic E-state index is 0.0189. The highest BCUT2D eigenvalue weighted by Crippen LogP contribution is 2.21. The normalized spacial score (nSPS) is 15.8. The van der Waals surface area contributed by atoms with E-state index in [-0.39, 0.29) is 34.1 Å². The largest absolute Gasteiger partial charge is 0.444 e. The fourth-order valence-electron chi connectivity index (χ4n) is 4.08. The minimum Gasteiger partial charge on any atom is -0.444 e. The highest BCUT2D eigenvalue weighted by Gasteiger charge is 2.31. The maximum Gasteiger partial charge on any atom is 0.410 e. The zero-order chi connectivity index (χ0) is 26.2. The summed E-state index contributed by atoms with van der Waals surface area (Å²) in [6.45, 7) is 6.15. The topological polar surface area (TPSA) is 114 Å². The van der Waals surface area contributed by atoms with E-state index in [1.54, 1.807) is 43.9 Å². The molecule has 1 aliphatic rings. The van der Waals surface area contributed by atoms with Gasteiger partial charge in [-0.25, -0.2) is 14.0 Å². The summed E-state index contributed by atoms with van der Waals surface area (Å²) in [5, 5.41) is 3.16. The lowest BCUT2D eigenvalue weighted by molar-refractivity contribution is 0.0290. The van der Waals surface area contributed by atoms with Crippen LogP contribution in [-0.2, 0) is 11.3 Å². The van der Waals surface area contributed by atoms with Crippen LogP contribution < -0.4 is 16.6 Å². The number of nitrogens with one attached hydrogen (secondary N) is 2. The summed E-state index contributed by atoms with van der Waals surface area (Å²) >= 11 is 6.29. The molecule has 4 rings (SSSR count). The Labute approximate surface area is 210 Å². The molecule has 2 amide bonds. The summed E-state index contributed by atoms with van der Waals surface area (Å²) in [7, 11) is 0. The fourth-order valence-corrected chi connectivity index (χ4v) is 4.29. The van der Waals surface area contributed by atoms with E-state index in [0.29, 0.717) is 25.1 Å². The molecule has 1 unspecified atom stereocenters. The summed E-state index contributed by atoms with van der Waals surface area (Å²) < 4.78 is 20.3. The Balaban J connectivity index is 1.52. The number of ether oxygens (including phenoxy) is 1. The van der Waals surface area contributed by atoms with Gasteiger partial charge in [0.25, 0.3) is 11.5 Å². The van der Waals surface area contributed by atoms with Gasteiger partial charge >= 0.3 is 11.8 Å². The number of carbonyl (C=O) groups is 2. The van der Waals surface area contributed by atoms with E-state index in [9.17, 15) is 23.6 Å². The summed E-state index contributed by atoms with van der Waals surface area (Å²) in [4.78, 5) is 53.6. The summed E-state index contributed by atoms with van der Waals surface area (Å²) in [6.07, 6.45) is 0.134. The van der Waals surface area contributed by atoms with Gasteiger partial charge in [-0.3, -0.25) is 19.1 Å². The Hall–Kier alpha value is -3.66. The second-order valence-corrected chi connectivity index (χ2v) is 10.1. The SMILES string of the molecule is CC(C)(C)OC(=O)N1CCC(NC(=O)c2cc(Cn3c(=O)[nH]c(=O)c4cc(F)ccc43)ccc2Cl)C1. The molecule has 1 aromatic heterocycles. The highest BCUT2D eigenvalue weighted by atomic mass is 35.5. The summed E-state index contributed by atoms with van der Waals surface area (Å²) in [5.74, 6) is -1.01. The Morgan fingerprint density at radius 1 is 1.19 bits per heavy atom. The van der Waals surface area contributed by atoms with Crippen molar-refractivity contribution in [3.8, 4) is 0 Å². The summed E-state index contributed by atoms with van der Waals surface area (Å²) in [5.41, 5.74) is -0.908. The molecule has 1 fully saturated rings. The lowest BCUT2D eigenvalue weighted by atomic mass is 10.1. The van der Waals surface area contributed by atoms with E-state index in [1.165, 1.54) is 16.7 Å².